The molecule has 0 amide bonds. The van der Waals surface area contributed by atoms with E-state index in [9.17, 15) is 5.11 Å². The highest BCUT2D eigenvalue weighted by Crippen LogP contribution is 2.28. The van der Waals surface area contributed by atoms with Gasteiger partial charge in [0.15, 0.2) is 0 Å². The first kappa shape index (κ1) is 10.4. The summed E-state index contributed by atoms with van der Waals surface area (Å²) < 4.78 is 1.96. The Hall–Kier alpha value is -1.13. The van der Waals surface area contributed by atoms with Gasteiger partial charge in [0.1, 0.15) is 11.9 Å². The van der Waals surface area contributed by atoms with Crippen LogP contribution in [-0.2, 0) is 6.54 Å². The van der Waals surface area contributed by atoms with Crippen LogP contribution in [0.3, 0.4) is 0 Å². The summed E-state index contributed by atoms with van der Waals surface area (Å²) in [5.74, 6) is 0.725. The summed E-state index contributed by atoms with van der Waals surface area (Å²) in [6.45, 7) is 4.88. The van der Waals surface area contributed by atoms with Gasteiger partial charge < -0.3 is 9.67 Å². The summed E-state index contributed by atoms with van der Waals surface area (Å²) in [4.78, 5) is 5.19. The Labute approximate surface area is 93.0 Å². The number of aliphatic hydroxyl groups is 1. The van der Waals surface area contributed by atoms with E-state index in [-0.39, 0.29) is 0 Å². The van der Waals surface area contributed by atoms with E-state index in [1.165, 1.54) is 0 Å². The second kappa shape index (κ2) is 4.16. The van der Waals surface area contributed by atoms with E-state index in [4.69, 9.17) is 0 Å². The van der Waals surface area contributed by atoms with Gasteiger partial charge in [0, 0.05) is 23.8 Å². The molecular formula is C11H14N2OS. The predicted molar refractivity (Wildman–Crippen MR) is 61.0 cm³/mol. The number of aliphatic hydroxyl groups excluding tert-OH is 1. The molecule has 0 saturated heterocycles. The van der Waals surface area contributed by atoms with E-state index in [0.29, 0.717) is 0 Å². The van der Waals surface area contributed by atoms with Crippen LogP contribution in [0.1, 0.15) is 29.3 Å². The second-order valence-electron chi connectivity index (χ2n) is 3.44. The normalized spacial score (nSPS) is 13.0. The lowest BCUT2D eigenvalue weighted by Gasteiger charge is -2.11. The second-order valence-corrected chi connectivity index (χ2v) is 4.39. The zero-order chi connectivity index (χ0) is 10.8. The van der Waals surface area contributed by atoms with Crippen molar-refractivity contribution in [2.24, 2.45) is 0 Å². The van der Waals surface area contributed by atoms with Gasteiger partial charge in [0.05, 0.1) is 0 Å². The fourth-order valence-corrected chi connectivity index (χ4v) is 2.52. The summed E-state index contributed by atoms with van der Waals surface area (Å²) in [5, 5.41) is 12.2. The van der Waals surface area contributed by atoms with Crippen molar-refractivity contribution in [2.75, 3.05) is 0 Å². The standard InChI is InChI=1S/C11H14N2OS/c1-3-13-6-5-12-11(13)9(14)10-8(2)4-7-15-10/h4-7,9,14H,3H2,1-2H3. The van der Waals surface area contributed by atoms with Crippen LogP contribution in [0.25, 0.3) is 0 Å². The molecule has 1 N–H and O–H groups in total. The molecule has 0 aromatic carbocycles. The van der Waals surface area contributed by atoms with Gasteiger partial charge in [-0.3, -0.25) is 0 Å². The molecule has 0 radical (unpaired) electrons. The number of hydrogen-bond acceptors (Lipinski definition) is 3. The van der Waals surface area contributed by atoms with Gasteiger partial charge in [0.25, 0.3) is 0 Å². The van der Waals surface area contributed by atoms with Crippen LogP contribution in [0.2, 0.25) is 0 Å². The minimum atomic E-state index is -0.597. The number of aromatic nitrogens is 2. The minimum absolute atomic E-state index is 0.597. The molecule has 3 nitrogen and oxygen atoms in total. The summed E-state index contributed by atoms with van der Waals surface area (Å²) >= 11 is 1.57. The third-order valence-corrected chi connectivity index (χ3v) is 3.55. The van der Waals surface area contributed by atoms with Crippen molar-refractivity contribution >= 4 is 11.3 Å². The molecule has 0 saturated carbocycles. The predicted octanol–water partition coefficient (Wildman–Crippen LogP) is 2.35. The van der Waals surface area contributed by atoms with Crippen LogP contribution in [0.4, 0.5) is 0 Å². The molecule has 0 spiro atoms. The molecule has 1 atom stereocenters. The zero-order valence-corrected chi connectivity index (χ0v) is 9.66. The van der Waals surface area contributed by atoms with E-state index >= 15 is 0 Å². The Morgan fingerprint density at radius 3 is 3.00 bits per heavy atom. The van der Waals surface area contributed by atoms with Gasteiger partial charge in [0.2, 0.25) is 0 Å². The van der Waals surface area contributed by atoms with Crippen molar-refractivity contribution in [1.29, 1.82) is 0 Å². The highest BCUT2D eigenvalue weighted by atomic mass is 32.1. The molecule has 0 aliphatic carbocycles. The molecule has 4 heteroatoms. The molecule has 80 valence electrons. The molecule has 2 heterocycles. The van der Waals surface area contributed by atoms with Crippen molar-refractivity contribution in [3.05, 3.63) is 40.1 Å². The highest BCUT2D eigenvalue weighted by Gasteiger charge is 2.18. The smallest absolute Gasteiger partial charge is 0.146 e. The van der Waals surface area contributed by atoms with Crippen LogP contribution >= 0.6 is 11.3 Å². The fourth-order valence-electron chi connectivity index (χ4n) is 1.62. The maximum atomic E-state index is 10.2. The van der Waals surface area contributed by atoms with Gasteiger partial charge in [-0.05, 0) is 30.9 Å². The molecule has 0 aliphatic heterocycles. The summed E-state index contributed by atoms with van der Waals surface area (Å²) in [5.41, 5.74) is 1.12. The number of rotatable bonds is 3. The van der Waals surface area contributed by atoms with Crippen LogP contribution in [0, 0.1) is 6.92 Å². The van der Waals surface area contributed by atoms with Crippen LogP contribution < -0.4 is 0 Å². The van der Waals surface area contributed by atoms with Crippen molar-refractivity contribution in [1.82, 2.24) is 9.55 Å². The third kappa shape index (κ3) is 1.82. The van der Waals surface area contributed by atoms with Crippen LogP contribution in [-0.4, -0.2) is 14.7 Å². The number of hydrogen-bond donors (Lipinski definition) is 1. The molecule has 1 unspecified atom stereocenters. The Kier molecular flexibility index (Phi) is 2.88. The van der Waals surface area contributed by atoms with Gasteiger partial charge in [-0.1, -0.05) is 0 Å². The van der Waals surface area contributed by atoms with E-state index in [1.807, 2.05) is 36.1 Å². The SMILES string of the molecule is CCn1ccnc1C(O)c1sccc1C. The minimum Gasteiger partial charge on any atom is -0.380 e. The molecule has 0 bridgehead atoms. The van der Waals surface area contributed by atoms with E-state index in [2.05, 4.69) is 4.98 Å². The fraction of sp³-hybridized carbons (Fsp3) is 0.364. The summed E-state index contributed by atoms with van der Waals surface area (Å²) in [6, 6.07) is 2.02. The van der Waals surface area contributed by atoms with Crippen LogP contribution in [0.15, 0.2) is 23.8 Å². The topological polar surface area (TPSA) is 38.0 Å². The van der Waals surface area contributed by atoms with Gasteiger partial charge in [-0.2, -0.15) is 0 Å². The van der Waals surface area contributed by atoms with Crippen LogP contribution in [0.5, 0.6) is 0 Å². The van der Waals surface area contributed by atoms with E-state index in [0.717, 1.165) is 22.8 Å². The Morgan fingerprint density at radius 2 is 2.40 bits per heavy atom. The van der Waals surface area contributed by atoms with Crippen molar-refractivity contribution in [2.45, 2.75) is 26.5 Å². The lowest BCUT2D eigenvalue weighted by atomic mass is 10.2. The maximum Gasteiger partial charge on any atom is 0.146 e. The molecule has 2 rings (SSSR count). The summed E-state index contributed by atoms with van der Waals surface area (Å²) in [7, 11) is 0. The maximum absolute atomic E-state index is 10.2. The lowest BCUT2D eigenvalue weighted by Crippen LogP contribution is -2.08. The number of aryl methyl sites for hydroxylation is 2. The Bertz CT molecular complexity index is 447. The van der Waals surface area contributed by atoms with Gasteiger partial charge in [-0.15, -0.1) is 11.3 Å². The first-order valence-electron chi connectivity index (χ1n) is 4.97. The Morgan fingerprint density at radius 1 is 1.60 bits per heavy atom. The van der Waals surface area contributed by atoms with Crippen molar-refractivity contribution < 1.29 is 5.11 Å². The first-order chi connectivity index (χ1) is 7.24. The van der Waals surface area contributed by atoms with Crippen molar-refractivity contribution in [3.63, 3.8) is 0 Å². The summed E-state index contributed by atoms with van der Waals surface area (Å²) in [6.07, 6.45) is 3.02. The van der Waals surface area contributed by atoms with E-state index < -0.39 is 6.10 Å². The molecular weight excluding hydrogens is 208 g/mol. The number of imidazole rings is 1. The number of nitrogens with zero attached hydrogens (tertiary/aromatic N) is 2. The van der Waals surface area contributed by atoms with Gasteiger partial charge in [-0.25, -0.2) is 4.98 Å². The first-order valence-corrected chi connectivity index (χ1v) is 5.85. The molecule has 2 aromatic rings. The average Bonchev–Trinajstić information content (AvgIpc) is 2.84. The third-order valence-electron chi connectivity index (χ3n) is 2.48. The quantitative estimate of drug-likeness (QED) is 0.865. The molecule has 0 fully saturated rings. The van der Waals surface area contributed by atoms with E-state index in [1.54, 1.807) is 17.5 Å². The lowest BCUT2D eigenvalue weighted by molar-refractivity contribution is 0.208. The van der Waals surface area contributed by atoms with Crippen molar-refractivity contribution in [3.8, 4) is 0 Å². The molecule has 15 heavy (non-hydrogen) atoms. The molecule has 0 aliphatic rings. The number of thiophene rings is 1. The largest absolute Gasteiger partial charge is 0.380 e. The zero-order valence-electron chi connectivity index (χ0n) is 8.84. The monoisotopic (exact) mass is 222 g/mol. The van der Waals surface area contributed by atoms with Gasteiger partial charge >= 0.3 is 0 Å². The molecule has 2 aromatic heterocycles. The average molecular weight is 222 g/mol. The Balaban J connectivity index is 2.36. The highest BCUT2D eigenvalue weighted by molar-refractivity contribution is 7.10.